The molecule has 0 bridgehead atoms. The molecule has 0 N–H and O–H groups in total. The number of nitrogens with zero attached hydrogens (tertiary/aromatic N) is 3. The first-order valence-electron chi connectivity index (χ1n) is 3.34. The molecule has 0 atom stereocenters. The second-order valence-corrected chi connectivity index (χ2v) is 3.45. The van der Waals surface area contributed by atoms with Gasteiger partial charge < -0.3 is 0 Å². The smallest absolute Gasteiger partial charge is 0.103 e. The minimum absolute atomic E-state index is 0.594. The first kappa shape index (κ1) is 7.55. The molecule has 3 nitrogen and oxygen atoms in total. The summed E-state index contributed by atoms with van der Waals surface area (Å²) in [5, 5.41) is 12.7. The van der Waals surface area contributed by atoms with Gasteiger partial charge in [-0.05, 0) is 40.8 Å². The summed E-state index contributed by atoms with van der Waals surface area (Å²) in [6.07, 6.45) is 1.56. The van der Waals surface area contributed by atoms with Crippen LogP contribution in [0.25, 0.3) is 5.52 Å². The van der Waals surface area contributed by atoms with Gasteiger partial charge in [-0.25, -0.2) is 4.52 Å². The van der Waals surface area contributed by atoms with E-state index in [1.807, 2.05) is 18.2 Å². The zero-order valence-electron chi connectivity index (χ0n) is 6.03. The highest BCUT2D eigenvalue weighted by Gasteiger charge is 1.99. The summed E-state index contributed by atoms with van der Waals surface area (Å²) >= 11 is 2.19. The number of rotatable bonds is 0. The summed E-state index contributed by atoms with van der Waals surface area (Å²) in [6.45, 7) is 0. The van der Waals surface area contributed by atoms with Gasteiger partial charge in [-0.2, -0.15) is 10.4 Å². The first-order chi connectivity index (χ1) is 5.81. The van der Waals surface area contributed by atoms with Crippen molar-refractivity contribution in [3.63, 3.8) is 0 Å². The van der Waals surface area contributed by atoms with Crippen molar-refractivity contribution in [2.24, 2.45) is 0 Å². The highest BCUT2D eigenvalue weighted by Crippen LogP contribution is 2.11. The lowest BCUT2D eigenvalue weighted by atomic mass is 10.3. The highest BCUT2D eigenvalue weighted by atomic mass is 127. The molecule has 0 aromatic carbocycles. The summed E-state index contributed by atoms with van der Waals surface area (Å²) < 4.78 is 2.84. The van der Waals surface area contributed by atoms with Crippen LogP contribution in [0.4, 0.5) is 0 Å². The fourth-order valence-electron chi connectivity index (χ4n) is 1.03. The van der Waals surface area contributed by atoms with Crippen molar-refractivity contribution < 1.29 is 0 Å². The Bertz CT molecular complexity index is 467. The Morgan fingerprint density at radius 2 is 2.33 bits per heavy atom. The van der Waals surface area contributed by atoms with Crippen molar-refractivity contribution in [1.82, 2.24) is 9.61 Å². The van der Waals surface area contributed by atoms with Gasteiger partial charge in [0.05, 0.1) is 17.3 Å². The van der Waals surface area contributed by atoms with Crippen LogP contribution in [-0.2, 0) is 0 Å². The van der Waals surface area contributed by atoms with E-state index in [1.54, 1.807) is 10.7 Å². The van der Waals surface area contributed by atoms with Crippen molar-refractivity contribution >= 4 is 28.1 Å². The van der Waals surface area contributed by atoms with Crippen LogP contribution >= 0.6 is 22.6 Å². The Hall–Kier alpha value is -1.09. The number of aromatic nitrogens is 2. The summed E-state index contributed by atoms with van der Waals surface area (Å²) in [5.74, 6) is 0. The van der Waals surface area contributed by atoms with Gasteiger partial charge in [-0.1, -0.05) is 0 Å². The van der Waals surface area contributed by atoms with Crippen LogP contribution in [0.5, 0.6) is 0 Å². The Labute approximate surface area is 82.8 Å². The predicted octanol–water partition coefficient (Wildman–Crippen LogP) is 1.81. The molecule has 4 heteroatoms. The lowest BCUT2D eigenvalue weighted by Gasteiger charge is -1.94. The second kappa shape index (κ2) is 2.75. The van der Waals surface area contributed by atoms with E-state index in [0.717, 1.165) is 9.22 Å². The van der Waals surface area contributed by atoms with E-state index in [-0.39, 0.29) is 0 Å². The molecule has 0 radical (unpaired) electrons. The number of halogens is 1. The van der Waals surface area contributed by atoms with E-state index >= 15 is 0 Å². The Morgan fingerprint density at radius 3 is 3.08 bits per heavy atom. The molecule has 0 fully saturated rings. The van der Waals surface area contributed by atoms with Crippen molar-refractivity contribution in [2.45, 2.75) is 0 Å². The molecule has 0 unspecified atom stereocenters. The van der Waals surface area contributed by atoms with E-state index in [1.165, 1.54) is 0 Å². The van der Waals surface area contributed by atoms with Crippen molar-refractivity contribution in [2.75, 3.05) is 0 Å². The molecular weight excluding hydrogens is 265 g/mol. The van der Waals surface area contributed by atoms with Gasteiger partial charge >= 0.3 is 0 Å². The zero-order chi connectivity index (χ0) is 8.55. The Kier molecular flexibility index (Phi) is 1.73. The minimum Gasteiger partial charge on any atom is -0.228 e. The molecule has 12 heavy (non-hydrogen) atoms. The monoisotopic (exact) mass is 269 g/mol. The number of hydrogen-bond acceptors (Lipinski definition) is 2. The Balaban J connectivity index is 2.80. The van der Waals surface area contributed by atoms with Crippen molar-refractivity contribution in [1.29, 1.82) is 5.26 Å². The Morgan fingerprint density at radius 1 is 1.50 bits per heavy atom. The van der Waals surface area contributed by atoms with E-state index in [0.29, 0.717) is 5.56 Å². The summed E-state index contributed by atoms with van der Waals surface area (Å²) in [6, 6.07) is 7.77. The number of fused-ring (bicyclic) bond motifs is 1. The van der Waals surface area contributed by atoms with E-state index in [4.69, 9.17) is 5.26 Å². The van der Waals surface area contributed by atoms with E-state index < -0.39 is 0 Å². The average Bonchev–Trinajstić information content (AvgIpc) is 2.47. The van der Waals surface area contributed by atoms with Crippen LogP contribution in [0, 0.1) is 15.0 Å². The van der Waals surface area contributed by atoms with Crippen LogP contribution < -0.4 is 0 Å². The van der Waals surface area contributed by atoms with Gasteiger partial charge in [0.1, 0.15) is 9.77 Å². The minimum atomic E-state index is 0.594. The SMILES string of the molecule is N#Cc1cnn2c(I)ccc2c1. The van der Waals surface area contributed by atoms with Gasteiger partial charge in [0.2, 0.25) is 0 Å². The molecule has 2 rings (SSSR count). The zero-order valence-corrected chi connectivity index (χ0v) is 8.19. The van der Waals surface area contributed by atoms with Gasteiger partial charge in [-0.15, -0.1) is 0 Å². The van der Waals surface area contributed by atoms with E-state index in [2.05, 4.69) is 33.8 Å². The summed E-state index contributed by atoms with van der Waals surface area (Å²) in [4.78, 5) is 0. The fourth-order valence-corrected chi connectivity index (χ4v) is 1.61. The molecule has 58 valence electrons. The lowest BCUT2D eigenvalue weighted by Crippen LogP contribution is -1.92. The van der Waals surface area contributed by atoms with Gasteiger partial charge in [0.15, 0.2) is 0 Å². The molecule has 0 spiro atoms. The topological polar surface area (TPSA) is 41.1 Å². The predicted molar refractivity (Wildman–Crippen MR) is 52.6 cm³/mol. The van der Waals surface area contributed by atoms with Gasteiger partial charge in [0.25, 0.3) is 0 Å². The molecule has 2 aromatic rings. The van der Waals surface area contributed by atoms with Crippen LogP contribution in [0.2, 0.25) is 0 Å². The van der Waals surface area contributed by atoms with Crippen LogP contribution in [0.15, 0.2) is 24.4 Å². The third-order valence-electron chi connectivity index (χ3n) is 1.58. The molecule has 0 saturated carbocycles. The largest absolute Gasteiger partial charge is 0.228 e. The second-order valence-electron chi connectivity index (χ2n) is 2.35. The molecule has 2 aromatic heterocycles. The maximum Gasteiger partial charge on any atom is 0.103 e. The molecule has 0 aliphatic carbocycles. The first-order valence-corrected chi connectivity index (χ1v) is 4.42. The van der Waals surface area contributed by atoms with Crippen LogP contribution in [0.3, 0.4) is 0 Å². The number of nitriles is 1. The number of hydrogen-bond donors (Lipinski definition) is 0. The van der Waals surface area contributed by atoms with Gasteiger partial charge in [0, 0.05) is 0 Å². The third-order valence-corrected chi connectivity index (χ3v) is 2.40. The fraction of sp³-hybridized carbons (Fsp3) is 0. The van der Waals surface area contributed by atoms with Gasteiger partial charge in [-0.3, -0.25) is 0 Å². The molecule has 0 amide bonds. The highest BCUT2D eigenvalue weighted by molar-refractivity contribution is 14.1. The van der Waals surface area contributed by atoms with E-state index in [9.17, 15) is 0 Å². The van der Waals surface area contributed by atoms with Crippen LogP contribution in [0.1, 0.15) is 5.56 Å². The van der Waals surface area contributed by atoms with Crippen molar-refractivity contribution in [3.8, 4) is 6.07 Å². The average molecular weight is 269 g/mol. The standard InChI is InChI=1S/C8H4IN3/c9-8-2-1-7-3-6(4-10)5-11-12(7)8/h1-3,5H. The molecular formula is C8H4IN3. The quantitative estimate of drug-likeness (QED) is 0.684. The lowest BCUT2D eigenvalue weighted by molar-refractivity contribution is 0.914. The molecule has 0 aliphatic heterocycles. The van der Waals surface area contributed by atoms with Crippen LogP contribution in [-0.4, -0.2) is 9.61 Å². The van der Waals surface area contributed by atoms with Crippen molar-refractivity contribution in [3.05, 3.63) is 33.7 Å². The third kappa shape index (κ3) is 1.06. The maximum atomic E-state index is 8.60. The molecule has 2 heterocycles. The maximum absolute atomic E-state index is 8.60. The normalized spacial score (nSPS) is 10.0. The molecule has 0 aliphatic rings. The summed E-state index contributed by atoms with van der Waals surface area (Å²) in [5.41, 5.74) is 1.55. The molecule has 0 saturated heterocycles. The summed E-state index contributed by atoms with van der Waals surface area (Å²) in [7, 11) is 0.